The minimum atomic E-state index is -0.864. The van der Waals surface area contributed by atoms with Gasteiger partial charge in [0.05, 0.1) is 0 Å². The molecule has 0 bridgehead atoms. The summed E-state index contributed by atoms with van der Waals surface area (Å²) in [5.74, 6) is -0.586. The molecule has 1 aromatic carbocycles. The summed E-state index contributed by atoms with van der Waals surface area (Å²) in [6.45, 7) is 17.1. The molecular weight excluding hydrogens is 454 g/mol. The highest BCUT2D eigenvalue weighted by molar-refractivity contribution is 5.92. The van der Waals surface area contributed by atoms with Gasteiger partial charge in [-0.3, -0.25) is 9.59 Å². The Kier molecular flexibility index (Phi) is 13.3. The molecule has 0 radical (unpaired) electrons. The van der Waals surface area contributed by atoms with Crippen LogP contribution < -0.4 is 10.6 Å². The first-order valence-corrected chi connectivity index (χ1v) is 13.2. The average Bonchev–Trinajstić information content (AvgIpc) is 2.78. The molecule has 1 rings (SSSR count). The molecule has 0 fully saturated rings. The Bertz CT molecular complexity index is 860. The van der Waals surface area contributed by atoms with Crippen molar-refractivity contribution in [2.45, 2.75) is 111 Å². The van der Waals surface area contributed by atoms with Crippen molar-refractivity contribution < 1.29 is 19.1 Å². The predicted octanol–water partition coefficient (Wildman–Crippen LogP) is 6.00. The summed E-state index contributed by atoms with van der Waals surface area (Å²) in [4.78, 5) is 41.2. The van der Waals surface area contributed by atoms with Crippen molar-refractivity contribution in [3.8, 4) is 0 Å². The second-order valence-electron chi connectivity index (χ2n) is 10.6. The molecule has 0 spiro atoms. The van der Waals surface area contributed by atoms with Gasteiger partial charge in [-0.2, -0.15) is 0 Å². The van der Waals surface area contributed by atoms with Crippen molar-refractivity contribution in [1.82, 2.24) is 15.5 Å². The van der Waals surface area contributed by atoms with Crippen LogP contribution in [0.3, 0.4) is 0 Å². The number of nitrogens with one attached hydrogen (secondary N) is 2. The lowest BCUT2D eigenvalue weighted by molar-refractivity contribution is -0.142. The van der Waals surface area contributed by atoms with E-state index in [1.807, 2.05) is 38.1 Å². The Morgan fingerprint density at radius 1 is 1.03 bits per heavy atom. The van der Waals surface area contributed by atoms with E-state index >= 15 is 0 Å². The van der Waals surface area contributed by atoms with Gasteiger partial charge in [0.2, 0.25) is 11.8 Å². The molecule has 2 unspecified atom stereocenters. The minimum absolute atomic E-state index is 0.0918. The summed E-state index contributed by atoms with van der Waals surface area (Å²) in [7, 11) is 0. The molecule has 2 N–H and O–H groups in total. The first-order chi connectivity index (χ1) is 16.9. The molecule has 0 saturated carbocycles. The molecule has 0 aliphatic heterocycles. The molecule has 0 saturated heterocycles. The molecule has 1 aromatic rings. The van der Waals surface area contributed by atoms with Crippen molar-refractivity contribution in [3.05, 3.63) is 42.0 Å². The van der Waals surface area contributed by atoms with E-state index in [4.69, 9.17) is 4.74 Å². The lowest BCUT2D eigenvalue weighted by Gasteiger charge is -2.34. The molecular formula is C29H47N3O4. The van der Waals surface area contributed by atoms with Crippen molar-refractivity contribution in [3.63, 3.8) is 0 Å². The van der Waals surface area contributed by atoms with Crippen LogP contribution in [-0.2, 0) is 14.3 Å². The van der Waals surface area contributed by atoms with Gasteiger partial charge in [0.1, 0.15) is 17.7 Å². The number of carbonyl (C=O) groups is 3. The lowest BCUT2D eigenvalue weighted by Crippen LogP contribution is -2.52. The van der Waals surface area contributed by atoms with Crippen LogP contribution in [0.15, 0.2) is 30.8 Å². The summed E-state index contributed by atoms with van der Waals surface area (Å²) in [6.07, 6.45) is 7.36. The number of amides is 3. The number of rotatable bonds is 14. The summed E-state index contributed by atoms with van der Waals surface area (Å²) in [5, 5.41) is 5.62. The van der Waals surface area contributed by atoms with Gasteiger partial charge in [-0.15, -0.1) is 0 Å². The van der Waals surface area contributed by atoms with Crippen LogP contribution in [0.1, 0.15) is 104 Å². The van der Waals surface area contributed by atoms with Gasteiger partial charge in [-0.05, 0) is 65.2 Å². The Morgan fingerprint density at radius 2 is 1.67 bits per heavy atom. The largest absolute Gasteiger partial charge is 0.444 e. The summed E-state index contributed by atoms with van der Waals surface area (Å²) < 4.78 is 5.34. The van der Waals surface area contributed by atoms with Gasteiger partial charge in [0.15, 0.2) is 0 Å². The fourth-order valence-corrected chi connectivity index (χ4v) is 3.92. The smallest absolute Gasteiger partial charge is 0.408 e. The van der Waals surface area contributed by atoms with Gasteiger partial charge < -0.3 is 20.3 Å². The van der Waals surface area contributed by atoms with Gasteiger partial charge in [0, 0.05) is 12.6 Å². The Morgan fingerprint density at radius 3 is 2.25 bits per heavy atom. The molecule has 7 heteroatoms. The quantitative estimate of drug-likeness (QED) is 0.306. The van der Waals surface area contributed by atoms with Crippen molar-refractivity contribution in [2.75, 3.05) is 6.54 Å². The molecule has 0 aliphatic carbocycles. The molecule has 3 amide bonds. The van der Waals surface area contributed by atoms with Crippen LogP contribution in [0.5, 0.6) is 0 Å². The maximum atomic E-state index is 13.7. The number of benzene rings is 1. The lowest BCUT2D eigenvalue weighted by atomic mass is 9.99. The van der Waals surface area contributed by atoms with Gasteiger partial charge >= 0.3 is 6.09 Å². The van der Waals surface area contributed by atoms with Gasteiger partial charge in [0.25, 0.3) is 0 Å². The third kappa shape index (κ3) is 11.3. The maximum Gasteiger partial charge on any atom is 0.408 e. The van der Waals surface area contributed by atoms with E-state index < -0.39 is 23.8 Å². The number of nitrogens with zero attached hydrogens (tertiary/aromatic N) is 1. The first kappa shape index (κ1) is 31.2. The SMILES string of the molecule is C=Cc1cccc(C(C(=O)NC(C)C)N(CCCCCCCC)C(=O)C(C)NC(=O)OC(C)(C)C)c1. The number of ether oxygens (including phenoxy) is 1. The highest BCUT2D eigenvalue weighted by Gasteiger charge is 2.34. The second-order valence-corrected chi connectivity index (χ2v) is 10.6. The predicted molar refractivity (Wildman–Crippen MR) is 146 cm³/mol. The average molecular weight is 502 g/mol. The van der Waals surface area contributed by atoms with E-state index in [1.54, 1.807) is 38.7 Å². The standard InChI is InChI=1S/C29H47N3O4/c1-9-11-12-13-14-15-19-32(27(34)22(5)31-28(35)36-29(6,7)8)25(26(33)30-21(3)4)24-18-16-17-23(10-2)20-24/h10,16-18,20-22,25H,2,9,11-15,19H2,1,3-8H3,(H,30,33)(H,31,35). The molecule has 0 aromatic heterocycles. The van der Waals surface area contributed by atoms with E-state index in [0.717, 1.165) is 37.7 Å². The first-order valence-electron chi connectivity index (χ1n) is 13.2. The summed E-state index contributed by atoms with van der Waals surface area (Å²) in [5.41, 5.74) is 0.881. The number of hydrogen-bond donors (Lipinski definition) is 2. The zero-order valence-electron chi connectivity index (χ0n) is 23.4. The van der Waals surface area contributed by atoms with Crippen molar-refractivity contribution in [1.29, 1.82) is 0 Å². The van der Waals surface area contributed by atoms with Crippen molar-refractivity contribution >= 4 is 24.0 Å². The van der Waals surface area contributed by atoms with Crippen LogP contribution in [0.2, 0.25) is 0 Å². The zero-order chi connectivity index (χ0) is 27.3. The van der Waals surface area contributed by atoms with Crippen LogP contribution in [-0.4, -0.2) is 47.0 Å². The molecule has 7 nitrogen and oxygen atoms in total. The minimum Gasteiger partial charge on any atom is -0.444 e. The Balaban J connectivity index is 3.28. The number of unbranched alkanes of at least 4 members (excludes halogenated alkanes) is 5. The third-order valence-electron chi connectivity index (χ3n) is 5.59. The zero-order valence-corrected chi connectivity index (χ0v) is 23.4. The molecule has 0 heterocycles. The van der Waals surface area contributed by atoms with E-state index in [2.05, 4.69) is 24.1 Å². The fraction of sp³-hybridized carbons (Fsp3) is 0.621. The van der Waals surface area contributed by atoms with Crippen LogP contribution in [0.4, 0.5) is 4.79 Å². The molecule has 202 valence electrons. The number of carbonyl (C=O) groups excluding carboxylic acids is 3. The maximum absolute atomic E-state index is 13.7. The normalized spacial score (nSPS) is 13.0. The molecule has 36 heavy (non-hydrogen) atoms. The highest BCUT2D eigenvalue weighted by atomic mass is 16.6. The van der Waals surface area contributed by atoms with Crippen LogP contribution in [0.25, 0.3) is 6.08 Å². The van der Waals surface area contributed by atoms with Crippen LogP contribution in [0, 0.1) is 0 Å². The summed E-state index contributed by atoms with van der Waals surface area (Å²) >= 11 is 0. The highest BCUT2D eigenvalue weighted by Crippen LogP contribution is 2.25. The summed E-state index contributed by atoms with van der Waals surface area (Å²) in [6, 6.07) is 5.70. The van der Waals surface area contributed by atoms with Gasteiger partial charge in [-0.1, -0.05) is 69.9 Å². The monoisotopic (exact) mass is 501 g/mol. The van der Waals surface area contributed by atoms with Gasteiger partial charge in [-0.25, -0.2) is 4.79 Å². The van der Waals surface area contributed by atoms with E-state index in [-0.39, 0.29) is 17.9 Å². The second kappa shape index (κ2) is 15.3. The number of hydrogen-bond acceptors (Lipinski definition) is 4. The molecule has 0 aliphatic rings. The van der Waals surface area contributed by atoms with E-state index in [0.29, 0.717) is 12.1 Å². The van der Waals surface area contributed by atoms with Crippen molar-refractivity contribution in [2.24, 2.45) is 0 Å². The molecule has 2 atom stereocenters. The third-order valence-corrected chi connectivity index (χ3v) is 5.59. The Hall–Kier alpha value is -2.83. The van der Waals surface area contributed by atoms with E-state index in [9.17, 15) is 14.4 Å². The van der Waals surface area contributed by atoms with E-state index in [1.165, 1.54) is 6.42 Å². The van der Waals surface area contributed by atoms with Crippen LogP contribution >= 0.6 is 0 Å². The topological polar surface area (TPSA) is 87.7 Å². The Labute approximate surface area is 218 Å². The number of alkyl carbamates (subject to hydrolysis) is 1. The fourth-order valence-electron chi connectivity index (χ4n) is 3.92.